The molecule has 21 heavy (non-hydrogen) atoms. The average Bonchev–Trinajstić information content (AvgIpc) is 2.51. The molecule has 0 radical (unpaired) electrons. The molecule has 0 atom stereocenters. The molecule has 3 rings (SSSR count). The number of fused-ring (bicyclic) bond motifs is 1. The van der Waals surface area contributed by atoms with Gasteiger partial charge < -0.3 is 10.3 Å². The number of hydrogen-bond donors (Lipinski definition) is 2. The fraction of sp³-hybridized carbons (Fsp3) is 0.250. The molecule has 0 aliphatic carbocycles. The van der Waals surface area contributed by atoms with E-state index < -0.39 is 0 Å². The molecule has 0 spiro atoms. The van der Waals surface area contributed by atoms with Gasteiger partial charge in [0.05, 0.1) is 11.9 Å². The summed E-state index contributed by atoms with van der Waals surface area (Å²) >= 11 is 0. The van der Waals surface area contributed by atoms with Gasteiger partial charge in [0.1, 0.15) is 11.4 Å². The van der Waals surface area contributed by atoms with Crippen LogP contribution < -0.4 is 0 Å². The largest absolute Gasteiger partial charge is 0.506 e. The minimum absolute atomic E-state index is 0.0144. The Bertz CT molecular complexity index is 670. The molecule has 1 aliphatic rings. The van der Waals surface area contributed by atoms with Crippen molar-refractivity contribution in [1.29, 1.82) is 0 Å². The van der Waals surface area contributed by atoms with Gasteiger partial charge in [-0.25, -0.2) is 4.98 Å². The van der Waals surface area contributed by atoms with Gasteiger partial charge in [-0.1, -0.05) is 29.4 Å². The highest BCUT2D eigenvalue weighted by Gasteiger charge is 2.16. The maximum Gasteiger partial charge on any atom is 0.142 e. The Balaban J connectivity index is 1.75. The first kappa shape index (κ1) is 13.6. The van der Waals surface area contributed by atoms with E-state index in [1.54, 1.807) is 12.1 Å². The van der Waals surface area contributed by atoms with Crippen molar-refractivity contribution in [1.82, 2.24) is 9.88 Å². The van der Waals surface area contributed by atoms with Crippen molar-refractivity contribution < 1.29 is 10.3 Å². The molecule has 2 aromatic rings. The van der Waals surface area contributed by atoms with Crippen molar-refractivity contribution in [2.45, 2.75) is 19.5 Å². The van der Waals surface area contributed by atoms with E-state index in [1.165, 1.54) is 11.1 Å². The molecule has 0 saturated heterocycles. The van der Waals surface area contributed by atoms with Gasteiger partial charge in [0.15, 0.2) is 0 Å². The lowest BCUT2D eigenvalue weighted by Crippen LogP contribution is -2.30. The molecule has 1 aliphatic heterocycles. The summed E-state index contributed by atoms with van der Waals surface area (Å²) < 4.78 is 0. The third kappa shape index (κ3) is 3.03. The van der Waals surface area contributed by atoms with Crippen molar-refractivity contribution in [2.75, 3.05) is 6.54 Å². The van der Waals surface area contributed by atoms with Gasteiger partial charge in [0.2, 0.25) is 0 Å². The predicted octanol–water partition coefficient (Wildman–Crippen LogP) is 2.15. The maximum absolute atomic E-state index is 9.62. The molecule has 0 fully saturated rings. The maximum atomic E-state index is 9.62. The number of aromatic hydroxyl groups is 1. The van der Waals surface area contributed by atoms with Crippen molar-refractivity contribution >= 4 is 6.21 Å². The Kier molecular flexibility index (Phi) is 3.83. The van der Waals surface area contributed by atoms with Crippen molar-refractivity contribution in [3.05, 3.63) is 58.9 Å². The Morgan fingerprint density at radius 2 is 2.00 bits per heavy atom. The number of aromatic nitrogens is 1. The Morgan fingerprint density at radius 1 is 1.19 bits per heavy atom. The fourth-order valence-corrected chi connectivity index (χ4v) is 2.67. The van der Waals surface area contributed by atoms with E-state index in [0.29, 0.717) is 6.54 Å². The van der Waals surface area contributed by atoms with Crippen LogP contribution in [0.15, 0.2) is 41.6 Å². The van der Waals surface area contributed by atoms with E-state index in [2.05, 4.69) is 39.3 Å². The van der Waals surface area contributed by atoms with Crippen molar-refractivity contribution in [2.24, 2.45) is 5.16 Å². The number of pyridine rings is 1. The topological polar surface area (TPSA) is 69.0 Å². The highest BCUT2D eigenvalue weighted by molar-refractivity contribution is 5.80. The zero-order valence-corrected chi connectivity index (χ0v) is 11.6. The van der Waals surface area contributed by atoms with E-state index in [1.807, 2.05) is 0 Å². The number of hydrogen-bond acceptors (Lipinski definition) is 5. The standard InChI is InChI=1S/C16H17N3O2/c20-16-6-5-14(18-15(16)9-17-21)11-19-8-7-12-3-1-2-4-13(12)10-19/h1-6,9,20-21H,7-8,10-11H2/b17-9+. The van der Waals surface area contributed by atoms with Crippen molar-refractivity contribution in [3.8, 4) is 5.75 Å². The molecule has 0 amide bonds. The summed E-state index contributed by atoms with van der Waals surface area (Å²) in [5.41, 5.74) is 3.91. The Hall–Kier alpha value is -2.40. The normalized spacial score (nSPS) is 15.2. The third-order valence-electron chi connectivity index (χ3n) is 3.74. The summed E-state index contributed by atoms with van der Waals surface area (Å²) in [6.07, 6.45) is 2.18. The molecular formula is C16H17N3O2. The van der Waals surface area contributed by atoms with Crippen LogP contribution >= 0.6 is 0 Å². The second-order valence-corrected chi connectivity index (χ2v) is 5.18. The van der Waals surface area contributed by atoms with E-state index in [-0.39, 0.29) is 11.4 Å². The molecule has 1 aromatic carbocycles. The molecule has 2 N–H and O–H groups in total. The SMILES string of the molecule is O/N=C/c1nc(CN2CCc3ccccc3C2)ccc1O. The first-order valence-corrected chi connectivity index (χ1v) is 6.92. The van der Waals surface area contributed by atoms with E-state index in [4.69, 9.17) is 5.21 Å². The molecule has 5 nitrogen and oxygen atoms in total. The summed E-state index contributed by atoms with van der Waals surface area (Å²) in [6.45, 7) is 2.60. The molecule has 2 heterocycles. The first-order chi connectivity index (χ1) is 10.3. The Labute approximate surface area is 123 Å². The van der Waals surface area contributed by atoms with Gasteiger partial charge in [0, 0.05) is 19.6 Å². The lowest BCUT2D eigenvalue weighted by atomic mass is 10.00. The summed E-state index contributed by atoms with van der Waals surface area (Å²) in [5.74, 6) is 0.0144. The van der Waals surface area contributed by atoms with Gasteiger partial charge in [-0.3, -0.25) is 4.90 Å². The zero-order valence-electron chi connectivity index (χ0n) is 11.6. The third-order valence-corrected chi connectivity index (χ3v) is 3.74. The number of oxime groups is 1. The van der Waals surface area contributed by atoms with Crippen molar-refractivity contribution in [3.63, 3.8) is 0 Å². The quantitative estimate of drug-likeness (QED) is 0.514. The molecule has 0 saturated carbocycles. The Morgan fingerprint density at radius 3 is 2.81 bits per heavy atom. The lowest BCUT2D eigenvalue weighted by molar-refractivity contribution is 0.242. The average molecular weight is 283 g/mol. The molecule has 1 aromatic heterocycles. The minimum Gasteiger partial charge on any atom is -0.506 e. The van der Waals surface area contributed by atoms with E-state index >= 15 is 0 Å². The summed E-state index contributed by atoms with van der Waals surface area (Å²) in [6, 6.07) is 11.9. The smallest absolute Gasteiger partial charge is 0.142 e. The predicted molar refractivity (Wildman–Crippen MR) is 79.5 cm³/mol. The zero-order chi connectivity index (χ0) is 14.7. The highest BCUT2D eigenvalue weighted by Crippen LogP contribution is 2.20. The van der Waals surface area contributed by atoms with Gasteiger partial charge in [-0.15, -0.1) is 0 Å². The minimum atomic E-state index is 0.0144. The van der Waals surface area contributed by atoms with E-state index in [9.17, 15) is 5.11 Å². The first-order valence-electron chi connectivity index (χ1n) is 6.92. The van der Waals surface area contributed by atoms with Crippen LogP contribution in [0.3, 0.4) is 0 Å². The summed E-state index contributed by atoms with van der Waals surface area (Å²) in [7, 11) is 0. The fourth-order valence-electron chi connectivity index (χ4n) is 2.67. The lowest BCUT2D eigenvalue weighted by Gasteiger charge is -2.28. The second-order valence-electron chi connectivity index (χ2n) is 5.18. The van der Waals surface area contributed by atoms with Crippen LogP contribution in [0.25, 0.3) is 0 Å². The van der Waals surface area contributed by atoms with Crippen LogP contribution in [0.2, 0.25) is 0 Å². The van der Waals surface area contributed by atoms with Gasteiger partial charge >= 0.3 is 0 Å². The van der Waals surface area contributed by atoms with E-state index in [0.717, 1.165) is 31.4 Å². The molecule has 0 unspecified atom stereocenters. The monoisotopic (exact) mass is 283 g/mol. The second kappa shape index (κ2) is 5.93. The number of benzene rings is 1. The van der Waals surface area contributed by atoms with Crippen LogP contribution in [0.5, 0.6) is 5.75 Å². The van der Waals surface area contributed by atoms with Crippen LogP contribution in [-0.4, -0.2) is 33.0 Å². The van der Waals surface area contributed by atoms with Gasteiger partial charge in [-0.2, -0.15) is 0 Å². The molecule has 108 valence electrons. The summed E-state index contributed by atoms with van der Waals surface area (Å²) in [5, 5.41) is 21.1. The molecule has 5 heteroatoms. The van der Waals surface area contributed by atoms with Crippen LogP contribution in [0.1, 0.15) is 22.5 Å². The van der Waals surface area contributed by atoms with Crippen LogP contribution in [-0.2, 0) is 19.5 Å². The van der Waals surface area contributed by atoms with Gasteiger partial charge in [0.25, 0.3) is 0 Å². The van der Waals surface area contributed by atoms with Crippen LogP contribution in [0.4, 0.5) is 0 Å². The summed E-state index contributed by atoms with van der Waals surface area (Å²) in [4.78, 5) is 6.63. The van der Waals surface area contributed by atoms with Gasteiger partial charge in [-0.05, 0) is 29.7 Å². The molecular weight excluding hydrogens is 266 g/mol. The molecule has 0 bridgehead atoms. The number of rotatable bonds is 3. The highest BCUT2D eigenvalue weighted by atomic mass is 16.4. The number of nitrogens with zero attached hydrogens (tertiary/aromatic N) is 3. The van der Waals surface area contributed by atoms with Crippen LogP contribution in [0, 0.1) is 0 Å².